The topological polar surface area (TPSA) is 180 Å². The summed E-state index contributed by atoms with van der Waals surface area (Å²) >= 11 is 0. The summed E-state index contributed by atoms with van der Waals surface area (Å²) in [5.41, 5.74) is 21.6. The minimum atomic E-state index is -1.11. The monoisotopic (exact) mass is 1390 g/mol. The van der Waals surface area contributed by atoms with E-state index in [0.29, 0.717) is 13.1 Å². The van der Waals surface area contributed by atoms with E-state index in [-0.39, 0.29) is 73.9 Å². The Hall–Kier alpha value is -7.45. The van der Waals surface area contributed by atoms with Gasteiger partial charge in [0.15, 0.2) is 0 Å². The second kappa shape index (κ2) is 37.8. The molecule has 0 bridgehead atoms. The highest BCUT2D eigenvalue weighted by Gasteiger charge is 2.46. The molecule has 1 aliphatic heterocycles. The van der Waals surface area contributed by atoms with Crippen LogP contribution in [-0.2, 0) is 40.2 Å². The minimum absolute atomic E-state index is 0.0478. The van der Waals surface area contributed by atoms with Crippen molar-refractivity contribution >= 4 is 29.7 Å². The van der Waals surface area contributed by atoms with Crippen LogP contribution in [0.2, 0.25) is 0 Å². The quantitative estimate of drug-likeness (QED) is 0.0295. The van der Waals surface area contributed by atoms with Crippen LogP contribution in [0.5, 0.6) is 0 Å². The van der Waals surface area contributed by atoms with E-state index in [0.717, 1.165) is 89.9 Å². The van der Waals surface area contributed by atoms with E-state index in [1.165, 1.54) is 202 Å². The number of carboxylic acids is 3. The van der Waals surface area contributed by atoms with Gasteiger partial charge in [-0.05, 0) is 165 Å². The second-order valence-electron chi connectivity index (χ2n) is 30.5. The molecule has 102 heavy (non-hydrogen) atoms. The Morgan fingerprint density at radius 2 is 0.657 bits per heavy atom. The lowest BCUT2D eigenvalue weighted by Crippen LogP contribution is -2.47. The number of carbonyl (C=O) groups is 5. The van der Waals surface area contributed by atoms with Crippen LogP contribution in [0.15, 0.2) is 121 Å². The van der Waals surface area contributed by atoms with Gasteiger partial charge in [0.2, 0.25) is 11.8 Å². The molecule has 548 valence electrons. The van der Waals surface area contributed by atoms with E-state index in [2.05, 4.69) is 160 Å². The predicted molar refractivity (Wildman–Crippen MR) is 415 cm³/mol. The summed E-state index contributed by atoms with van der Waals surface area (Å²) in [5, 5.41) is 35.7. The van der Waals surface area contributed by atoms with Crippen LogP contribution < -0.4 is 10.6 Å². The average Bonchev–Trinajstić information content (AvgIpc) is 1.57. The number of rotatable bonds is 28. The predicted octanol–water partition coefficient (Wildman–Crippen LogP) is 19.0. The molecule has 13 heteroatoms. The van der Waals surface area contributed by atoms with Gasteiger partial charge in [0.1, 0.15) is 0 Å². The maximum absolute atomic E-state index is 13.6. The second-order valence-corrected chi connectivity index (χ2v) is 30.5. The highest BCUT2D eigenvalue weighted by atomic mass is 16.4. The van der Waals surface area contributed by atoms with E-state index in [1.807, 2.05) is 0 Å². The van der Waals surface area contributed by atoms with Crippen LogP contribution in [0.25, 0.3) is 55.6 Å². The van der Waals surface area contributed by atoms with Gasteiger partial charge in [0.25, 0.3) is 0 Å². The zero-order valence-corrected chi connectivity index (χ0v) is 62.3. The summed E-state index contributed by atoms with van der Waals surface area (Å²) in [7, 11) is 0. The lowest BCUT2D eigenvalue weighted by atomic mass is 9.69. The van der Waals surface area contributed by atoms with Gasteiger partial charge in [0.05, 0.1) is 32.7 Å². The Labute approximate surface area is 610 Å². The van der Waals surface area contributed by atoms with Gasteiger partial charge < -0.3 is 26.0 Å². The van der Waals surface area contributed by atoms with Crippen molar-refractivity contribution in [2.75, 3.05) is 72.0 Å². The number of nitrogens with zero attached hydrogens (tertiary/aromatic N) is 3. The van der Waals surface area contributed by atoms with Crippen molar-refractivity contribution in [1.29, 1.82) is 0 Å². The zero-order chi connectivity index (χ0) is 71.9. The molecule has 10 rings (SSSR count). The molecular formula is C89H119N5O8. The molecule has 13 nitrogen and oxygen atoms in total. The number of carboxylic acid groups (broad SMARTS) is 3. The van der Waals surface area contributed by atoms with Gasteiger partial charge in [0, 0.05) is 55.5 Å². The van der Waals surface area contributed by atoms with Crippen molar-refractivity contribution in [1.82, 2.24) is 25.3 Å². The molecule has 4 aliphatic rings. The maximum atomic E-state index is 13.6. The van der Waals surface area contributed by atoms with E-state index >= 15 is 0 Å². The Balaban J connectivity index is 1.04. The number of hydrogen-bond acceptors (Lipinski definition) is 8. The summed E-state index contributed by atoms with van der Waals surface area (Å²) < 4.78 is 0. The van der Waals surface area contributed by atoms with Gasteiger partial charge in [-0.3, -0.25) is 38.7 Å². The van der Waals surface area contributed by atoms with E-state index < -0.39 is 31.0 Å². The summed E-state index contributed by atoms with van der Waals surface area (Å²) in [4.78, 5) is 68.0. The third-order valence-corrected chi connectivity index (χ3v) is 23.4. The molecule has 0 saturated carbocycles. The standard InChI is InChI=1S/C89H119N5O8/c1-5-9-13-25-45-87(46-26-14-10-6-2)76-35-23-21-33-70(76)72-41-37-66(57-78(72)87)68-39-43-74-75-44-40-69(67-38-42-73-71-34-22-24-36-77(71)88(79(73)58-67,47-27-15-11-7-3)48-28-16-12-8-4)60-81(75)89(80(74)59-68)49-29-17-19-31-51-90-82(95)61-93(64-85(99)100)55-53-92(63-84(97)98)54-56-94(65-86(101)102)62-83(96)91-52-32-20-18-30-50-89/h21-24,33-44,57-60H,5-20,25-32,45-56,61-65H2,1-4H3,(H,90,95)(H,91,96)(H,97,98)(H,99,100)(H,101,102). The molecule has 6 aromatic carbocycles. The Morgan fingerprint density at radius 3 is 1.01 bits per heavy atom. The van der Waals surface area contributed by atoms with Crippen LogP contribution in [0.1, 0.15) is 254 Å². The van der Waals surface area contributed by atoms with Crippen molar-refractivity contribution in [3.05, 3.63) is 155 Å². The average molecular weight is 1390 g/mol. The number of nitrogens with one attached hydrogen (secondary N) is 2. The maximum Gasteiger partial charge on any atom is 0.317 e. The molecule has 1 fully saturated rings. The summed E-state index contributed by atoms with van der Waals surface area (Å²) in [5.74, 6) is -3.93. The van der Waals surface area contributed by atoms with Crippen molar-refractivity contribution < 1.29 is 39.3 Å². The number of fused-ring (bicyclic) bond motifs is 11. The van der Waals surface area contributed by atoms with Gasteiger partial charge in [-0.15, -0.1) is 0 Å². The Bertz CT molecular complexity index is 3520. The fraction of sp³-hybridized carbons (Fsp3) is 0.539. The van der Waals surface area contributed by atoms with Crippen molar-refractivity contribution in [2.45, 2.75) is 237 Å². The largest absolute Gasteiger partial charge is 0.480 e. The number of aliphatic carboxylic acids is 3. The molecule has 1 spiro atoms. The van der Waals surface area contributed by atoms with E-state index in [1.54, 1.807) is 4.90 Å². The normalized spacial score (nSPS) is 17.6. The number of benzene rings is 6. The molecule has 0 aromatic heterocycles. The lowest BCUT2D eigenvalue weighted by molar-refractivity contribution is -0.141. The van der Waals surface area contributed by atoms with Gasteiger partial charge in [-0.25, -0.2) is 0 Å². The Kier molecular flexibility index (Phi) is 28.6. The summed E-state index contributed by atoms with van der Waals surface area (Å²) in [6.45, 7) is 8.97. The molecule has 5 N–H and O–H groups in total. The van der Waals surface area contributed by atoms with Crippen LogP contribution >= 0.6 is 0 Å². The van der Waals surface area contributed by atoms with Crippen molar-refractivity contribution in [3.8, 4) is 55.6 Å². The highest BCUT2D eigenvalue weighted by Crippen LogP contribution is 2.59. The van der Waals surface area contributed by atoms with Crippen LogP contribution in [-0.4, -0.2) is 132 Å². The fourth-order valence-corrected chi connectivity index (χ4v) is 18.2. The Morgan fingerprint density at radius 1 is 0.353 bits per heavy atom. The highest BCUT2D eigenvalue weighted by molar-refractivity contribution is 5.90. The molecule has 6 aromatic rings. The third-order valence-electron chi connectivity index (χ3n) is 23.4. The fourth-order valence-electron chi connectivity index (χ4n) is 18.2. The molecule has 1 heterocycles. The smallest absolute Gasteiger partial charge is 0.317 e. The lowest BCUT2D eigenvalue weighted by Gasteiger charge is -2.34. The molecule has 0 atom stereocenters. The van der Waals surface area contributed by atoms with E-state index in [4.69, 9.17) is 0 Å². The van der Waals surface area contributed by atoms with Crippen molar-refractivity contribution in [3.63, 3.8) is 0 Å². The molecule has 0 radical (unpaired) electrons. The summed E-state index contributed by atoms with van der Waals surface area (Å²) in [6.07, 6.45) is 33.4. The number of carbonyl (C=O) groups excluding carboxylic acids is 2. The SMILES string of the molecule is CCCCCCC1(CCCCCC)c2ccccc2-c2ccc(-c3ccc4c(c3)C3(CCCCCCNC(=O)CN(CC(=O)O)CCN(CC(=O)O)CCN(CC(=O)O)CC(=O)NCCCCCC3)c3cc(-c5ccc6c(c5)C(CCCCCC)(CCCCCC)c5ccccc5-6)ccc3-4)cc21. The van der Waals surface area contributed by atoms with Crippen LogP contribution in [0.3, 0.4) is 0 Å². The molecular weight excluding hydrogens is 1270 g/mol. The van der Waals surface area contributed by atoms with Gasteiger partial charge >= 0.3 is 17.9 Å². The first kappa shape index (κ1) is 77.2. The number of amides is 2. The third kappa shape index (κ3) is 18.9. The first-order chi connectivity index (χ1) is 49.7. The molecule has 0 unspecified atom stereocenters. The van der Waals surface area contributed by atoms with Gasteiger partial charge in [-0.2, -0.15) is 0 Å². The first-order valence-corrected chi connectivity index (χ1v) is 39.8. The summed E-state index contributed by atoms with van der Waals surface area (Å²) in [6, 6.07) is 48.4. The molecule has 2 amide bonds. The molecule has 1 saturated heterocycles. The van der Waals surface area contributed by atoms with Gasteiger partial charge in [-0.1, -0.05) is 266 Å². The number of unbranched alkanes of at least 4 members (excludes halogenated alkanes) is 12. The first-order valence-electron chi connectivity index (χ1n) is 39.8. The van der Waals surface area contributed by atoms with E-state index in [9.17, 15) is 39.3 Å². The zero-order valence-electron chi connectivity index (χ0n) is 62.3. The van der Waals surface area contributed by atoms with Crippen LogP contribution in [0.4, 0.5) is 0 Å². The molecule has 3 aliphatic carbocycles. The van der Waals surface area contributed by atoms with Crippen LogP contribution in [0, 0.1) is 0 Å². The minimum Gasteiger partial charge on any atom is -0.480 e. The van der Waals surface area contributed by atoms with Crippen molar-refractivity contribution in [2.24, 2.45) is 0 Å². The number of hydrogen-bond donors (Lipinski definition) is 5.